The van der Waals surface area contributed by atoms with Crippen LogP contribution in [-0.2, 0) is 45.2 Å². The molecule has 0 saturated carbocycles. The van der Waals surface area contributed by atoms with Crippen molar-refractivity contribution in [2.24, 2.45) is 0 Å². The Balaban J connectivity index is 1.85. The summed E-state index contributed by atoms with van der Waals surface area (Å²) < 4.78 is 60.8. The number of nitrogens with zero attached hydrogens (tertiary/aromatic N) is 1. The molecule has 0 amide bonds. The number of esters is 1. The highest BCUT2D eigenvalue weighted by molar-refractivity contribution is 7.88. The summed E-state index contributed by atoms with van der Waals surface area (Å²) in [6.07, 6.45) is 3.80. The second-order valence-electron chi connectivity index (χ2n) is 9.30. The van der Waals surface area contributed by atoms with E-state index >= 15 is 0 Å². The number of benzene rings is 2. The van der Waals surface area contributed by atoms with Crippen molar-refractivity contribution in [1.29, 1.82) is 0 Å². The molecule has 0 atom stereocenters. The minimum atomic E-state index is -3.68. The summed E-state index contributed by atoms with van der Waals surface area (Å²) in [5.74, 6) is -2.08. The van der Waals surface area contributed by atoms with E-state index in [0.29, 0.717) is 28.9 Å². The van der Waals surface area contributed by atoms with Crippen LogP contribution in [0.3, 0.4) is 0 Å². The quantitative estimate of drug-likeness (QED) is 0.0559. The third-order valence-electron chi connectivity index (χ3n) is 5.86. The molecule has 2 aromatic carbocycles. The third-order valence-corrected chi connectivity index (χ3v) is 7.08. The summed E-state index contributed by atoms with van der Waals surface area (Å²) in [5.41, 5.74) is 1.79. The molecule has 0 fully saturated rings. The lowest BCUT2D eigenvalue weighted by atomic mass is 10.1. The Hall–Kier alpha value is -4.26. The number of aliphatic hydroxyl groups is 1. The van der Waals surface area contributed by atoms with Crippen molar-refractivity contribution in [3.63, 3.8) is 0 Å². The summed E-state index contributed by atoms with van der Waals surface area (Å²) in [6, 6.07) is 12.2. The van der Waals surface area contributed by atoms with Crippen molar-refractivity contribution in [2.45, 2.75) is 26.9 Å². The first-order valence-corrected chi connectivity index (χ1v) is 15.6. The number of hydrogen-bond acceptors (Lipinski definition) is 9. The van der Waals surface area contributed by atoms with Gasteiger partial charge in [-0.3, -0.25) is 9.10 Å². The Morgan fingerprint density at radius 3 is 2.30 bits per heavy atom. The van der Waals surface area contributed by atoms with Crippen LogP contribution in [0.15, 0.2) is 85.3 Å². The van der Waals surface area contributed by atoms with E-state index < -0.39 is 21.8 Å². The SMILES string of the molecule is C=C(O/C(=C/C(=C)N(CCOCCOCc1cccc(C(O)=CC(=O)C(=O)OCC)c1)S(C)(=O)=O)CC)c1ccc(F)cc1. The van der Waals surface area contributed by atoms with Gasteiger partial charge in [0.2, 0.25) is 10.0 Å². The first-order valence-electron chi connectivity index (χ1n) is 13.7. The Morgan fingerprint density at radius 1 is 0.977 bits per heavy atom. The van der Waals surface area contributed by atoms with Crippen LogP contribution in [0.5, 0.6) is 0 Å². The maximum atomic E-state index is 13.2. The average Bonchev–Trinajstić information content (AvgIpc) is 2.97. The molecule has 0 aliphatic carbocycles. The lowest BCUT2D eigenvalue weighted by Gasteiger charge is -2.23. The molecular formula is C32H38FNO9S. The normalized spacial score (nSPS) is 12.0. The number of ketones is 1. The van der Waals surface area contributed by atoms with Gasteiger partial charge in [0.15, 0.2) is 0 Å². The zero-order chi connectivity index (χ0) is 32.7. The second-order valence-corrected chi connectivity index (χ2v) is 11.2. The van der Waals surface area contributed by atoms with Crippen LogP contribution in [0.1, 0.15) is 37.0 Å². The molecule has 0 aliphatic rings. The number of sulfonamides is 1. The predicted octanol–water partition coefficient (Wildman–Crippen LogP) is 5.15. The Labute approximate surface area is 257 Å². The number of rotatable bonds is 19. The van der Waals surface area contributed by atoms with Crippen molar-refractivity contribution in [1.82, 2.24) is 4.31 Å². The van der Waals surface area contributed by atoms with Crippen molar-refractivity contribution in [2.75, 3.05) is 39.2 Å². The number of carbonyl (C=O) groups excluding carboxylic acids is 2. The van der Waals surface area contributed by atoms with Gasteiger partial charge in [0.25, 0.3) is 5.78 Å². The maximum Gasteiger partial charge on any atom is 0.379 e. The van der Waals surface area contributed by atoms with Crippen LogP contribution in [0.2, 0.25) is 0 Å². The molecule has 238 valence electrons. The highest BCUT2D eigenvalue weighted by Crippen LogP contribution is 2.22. The van der Waals surface area contributed by atoms with Gasteiger partial charge in [-0.2, -0.15) is 0 Å². The van der Waals surface area contributed by atoms with Gasteiger partial charge >= 0.3 is 5.97 Å². The Kier molecular flexibility index (Phi) is 14.5. The molecule has 0 aliphatic heterocycles. The first-order chi connectivity index (χ1) is 20.8. The van der Waals surface area contributed by atoms with Gasteiger partial charge in [-0.1, -0.05) is 38.3 Å². The van der Waals surface area contributed by atoms with Gasteiger partial charge in [0.1, 0.15) is 23.1 Å². The lowest BCUT2D eigenvalue weighted by Crippen LogP contribution is -2.32. The highest BCUT2D eigenvalue weighted by atomic mass is 32.2. The molecule has 2 aromatic rings. The van der Waals surface area contributed by atoms with Gasteiger partial charge < -0.3 is 24.1 Å². The fourth-order valence-electron chi connectivity index (χ4n) is 3.68. The molecule has 0 aromatic heterocycles. The number of carbonyl (C=O) groups is 2. The van der Waals surface area contributed by atoms with E-state index in [2.05, 4.69) is 17.9 Å². The van der Waals surface area contributed by atoms with Crippen molar-refractivity contribution in [3.8, 4) is 0 Å². The van der Waals surface area contributed by atoms with E-state index in [1.807, 2.05) is 6.92 Å². The van der Waals surface area contributed by atoms with Crippen LogP contribution in [-0.4, -0.2) is 68.8 Å². The van der Waals surface area contributed by atoms with Crippen LogP contribution < -0.4 is 0 Å². The first kappa shape index (κ1) is 35.9. The van der Waals surface area contributed by atoms with Crippen molar-refractivity contribution in [3.05, 3.63) is 108 Å². The van der Waals surface area contributed by atoms with Gasteiger partial charge in [-0.05, 0) is 42.8 Å². The fraction of sp³-hybridized carbons (Fsp3) is 0.312. The number of aliphatic hydroxyl groups excluding tert-OH is 1. The number of halogens is 1. The second kappa shape index (κ2) is 17.8. The van der Waals surface area contributed by atoms with Gasteiger partial charge in [0, 0.05) is 35.4 Å². The largest absolute Gasteiger partial charge is 0.507 e. The Bertz CT molecular complexity index is 1480. The van der Waals surface area contributed by atoms with Crippen molar-refractivity contribution >= 4 is 33.3 Å². The van der Waals surface area contributed by atoms with Gasteiger partial charge in [-0.25, -0.2) is 17.6 Å². The maximum absolute atomic E-state index is 13.2. The molecule has 0 saturated heterocycles. The van der Waals surface area contributed by atoms with Crippen LogP contribution in [0.25, 0.3) is 11.5 Å². The minimum absolute atomic E-state index is 0.00223. The highest BCUT2D eigenvalue weighted by Gasteiger charge is 2.18. The van der Waals surface area contributed by atoms with Gasteiger partial charge in [-0.15, -0.1) is 0 Å². The molecule has 12 heteroatoms. The lowest BCUT2D eigenvalue weighted by molar-refractivity contribution is -0.151. The number of allylic oxidation sites excluding steroid dienone is 2. The fourth-order valence-corrected chi connectivity index (χ4v) is 4.57. The van der Waals surface area contributed by atoms with Crippen LogP contribution in [0.4, 0.5) is 4.39 Å². The van der Waals surface area contributed by atoms with E-state index in [9.17, 15) is 27.5 Å². The molecular weight excluding hydrogens is 593 g/mol. The summed E-state index contributed by atoms with van der Waals surface area (Å²) >= 11 is 0. The zero-order valence-corrected chi connectivity index (χ0v) is 25.9. The smallest absolute Gasteiger partial charge is 0.379 e. The van der Waals surface area contributed by atoms with E-state index in [1.165, 1.54) is 30.3 Å². The summed E-state index contributed by atoms with van der Waals surface area (Å²) in [5, 5.41) is 10.2. The average molecular weight is 632 g/mol. The minimum Gasteiger partial charge on any atom is -0.507 e. The summed E-state index contributed by atoms with van der Waals surface area (Å²) in [4.78, 5) is 23.3. The van der Waals surface area contributed by atoms with E-state index in [1.54, 1.807) is 31.2 Å². The molecule has 44 heavy (non-hydrogen) atoms. The predicted molar refractivity (Wildman–Crippen MR) is 165 cm³/mol. The Morgan fingerprint density at radius 2 is 1.66 bits per heavy atom. The number of ether oxygens (including phenoxy) is 4. The standard InChI is InChI=1S/C32H38FNO9S/c1-6-29(43-24(4)26-11-13-28(33)14-12-26)19-23(3)34(44(5,38)39)15-16-40-17-18-41-22-25-9-8-10-27(20-25)30(35)21-31(36)32(37)42-7-2/h8-14,19-21,35H,3-4,6-7,15-18,22H2,1-2,5H3/b29-19+,30-21?. The third kappa shape index (κ3) is 12.2. The van der Waals surface area contributed by atoms with Crippen LogP contribution in [0, 0.1) is 5.82 Å². The molecule has 0 unspecified atom stereocenters. The van der Waals surface area contributed by atoms with Crippen molar-refractivity contribution < 1.29 is 46.5 Å². The van der Waals surface area contributed by atoms with Crippen LogP contribution >= 0.6 is 0 Å². The van der Waals surface area contributed by atoms with E-state index in [0.717, 1.165) is 16.6 Å². The molecule has 0 spiro atoms. The zero-order valence-electron chi connectivity index (χ0n) is 25.1. The topological polar surface area (TPSA) is 129 Å². The molecule has 0 heterocycles. The summed E-state index contributed by atoms with van der Waals surface area (Å²) in [7, 11) is -3.68. The van der Waals surface area contributed by atoms with Gasteiger partial charge in [0.05, 0.1) is 45.8 Å². The molecule has 1 N–H and O–H groups in total. The van der Waals surface area contributed by atoms with E-state index in [-0.39, 0.29) is 62.6 Å². The molecule has 0 bridgehead atoms. The monoisotopic (exact) mass is 631 g/mol. The molecule has 0 radical (unpaired) electrons. The molecule has 10 nitrogen and oxygen atoms in total. The molecule has 2 rings (SSSR count). The number of hydrogen-bond donors (Lipinski definition) is 1. The van der Waals surface area contributed by atoms with E-state index in [4.69, 9.17) is 14.2 Å². The summed E-state index contributed by atoms with van der Waals surface area (Å²) in [6.45, 7) is 11.8.